The molecule has 2 fully saturated rings. The van der Waals surface area contributed by atoms with Crippen molar-refractivity contribution in [1.29, 1.82) is 0 Å². The summed E-state index contributed by atoms with van der Waals surface area (Å²) in [7, 11) is 2.20. The first-order valence-electron chi connectivity index (χ1n) is 10.1. The zero-order valence-corrected chi connectivity index (χ0v) is 17.1. The molecule has 2 atom stereocenters. The van der Waals surface area contributed by atoms with Crippen molar-refractivity contribution in [3.63, 3.8) is 0 Å². The van der Waals surface area contributed by atoms with Crippen LogP contribution in [0.1, 0.15) is 58.6 Å². The molecule has 6 heteroatoms. The number of carbonyl (C=O) groups excluding carboxylic acids is 1. The fraction of sp³-hybridized carbons (Fsp3) is 0.545. The molecule has 150 valence electrons. The lowest BCUT2D eigenvalue weighted by atomic mass is 9.98. The first-order valence-corrected chi connectivity index (χ1v) is 10.1. The Morgan fingerprint density at radius 3 is 2.64 bits per heavy atom. The SMILES string of the molecule is Cc1ccc(OCc2c(C(=O)NC3CC4CCC(C3)N4C)noc2C)c(C)c1. The van der Waals surface area contributed by atoms with Crippen LogP contribution in [0, 0.1) is 20.8 Å². The Kier molecular flexibility index (Phi) is 5.15. The molecule has 0 radical (unpaired) electrons. The lowest BCUT2D eigenvalue weighted by Crippen LogP contribution is -2.48. The Morgan fingerprint density at radius 1 is 1.25 bits per heavy atom. The maximum Gasteiger partial charge on any atom is 0.274 e. The number of benzene rings is 1. The minimum absolute atomic E-state index is 0.162. The molecule has 2 bridgehead atoms. The second-order valence-corrected chi connectivity index (χ2v) is 8.32. The van der Waals surface area contributed by atoms with E-state index in [4.69, 9.17) is 9.26 Å². The van der Waals surface area contributed by atoms with Gasteiger partial charge in [-0.05, 0) is 65.1 Å². The van der Waals surface area contributed by atoms with Crippen LogP contribution in [-0.4, -0.2) is 41.1 Å². The molecule has 6 nitrogen and oxygen atoms in total. The first-order chi connectivity index (χ1) is 13.4. The molecule has 28 heavy (non-hydrogen) atoms. The number of nitrogens with one attached hydrogen (secondary N) is 1. The van der Waals surface area contributed by atoms with Crippen molar-refractivity contribution in [3.8, 4) is 5.75 Å². The van der Waals surface area contributed by atoms with Gasteiger partial charge in [0.1, 0.15) is 18.1 Å². The number of fused-ring (bicyclic) bond motifs is 2. The molecule has 0 saturated carbocycles. The van der Waals surface area contributed by atoms with Crippen LogP contribution in [-0.2, 0) is 6.61 Å². The summed E-state index contributed by atoms with van der Waals surface area (Å²) in [5.74, 6) is 1.27. The normalized spacial score (nSPS) is 24.4. The van der Waals surface area contributed by atoms with Crippen molar-refractivity contribution in [2.24, 2.45) is 0 Å². The molecule has 4 rings (SSSR count). The van der Waals surface area contributed by atoms with E-state index in [0.29, 0.717) is 29.1 Å². The van der Waals surface area contributed by atoms with E-state index in [1.54, 1.807) is 0 Å². The highest BCUT2D eigenvalue weighted by atomic mass is 16.5. The van der Waals surface area contributed by atoms with Gasteiger partial charge < -0.3 is 19.5 Å². The Morgan fingerprint density at radius 2 is 1.96 bits per heavy atom. The van der Waals surface area contributed by atoms with Gasteiger partial charge in [0.25, 0.3) is 5.91 Å². The fourth-order valence-corrected chi connectivity index (χ4v) is 4.63. The maximum atomic E-state index is 12.9. The van der Waals surface area contributed by atoms with E-state index in [0.717, 1.165) is 24.2 Å². The monoisotopic (exact) mass is 383 g/mol. The van der Waals surface area contributed by atoms with Gasteiger partial charge in [0.2, 0.25) is 0 Å². The van der Waals surface area contributed by atoms with Crippen molar-refractivity contribution >= 4 is 5.91 Å². The van der Waals surface area contributed by atoms with E-state index < -0.39 is 0 Å². The van der Waals surface area contributed by atoms with Crippen molar-refractivity contribution < 1.29 is 14.1 Å². The third kappa shape index (κ3) is 3.65. The highest BCUT2D eigenvalue weighted by Crippen LogP contribution is 2.34. The van der Waals surface area contributed by atoms with Gasteiger partial charge in [-0.25, -0.2) is 0 Å². The molecule has 1 N–H and O–H groups in total. The highest BCUT2D eigenvalue weighted by Gasteiger charge is 2.39. The number of aromatic nitrogens is 1. The van der Waals surface area contributed by atoms with Crippen molar-refractivity contribution in [1.82, 2.24) is 15.4 Å². The van der Waals surface area contributed by atoms with E-state index in [1.807, 2.05) is 26.0 Å². The summed E-state index contributed by atoms with van der Waals surface area (Å²) < 4.78 is 11.3. The highest BCUT2D eigenvalue weighted by molar-refractivity contribution is 5.94. The Labute approximate surface area is 166 Å². The summed E-state index contributed by atoms with van der Waals surface area (Å²) >= 11 is 0. The van der Waals surface area contributed by atoms with Gasteiger partial charge in [0.15, 0.2) is 5.69 Å². The molecule has 0 aliphatic carbocycles. The van der Waals surface area contributed by atoms with Crippen LogP contribution in [0.15, 0.2) is 22.7 Å². The summed E-state index contributed by atoms with van der Waals surface area (Å²) in [4.78, 5) is 15.3. The summed E-state index contributed by atoms with van der Waals surface area (Å²) in [6.45, 7) is 6.16. The third-order valence-corrected chi connectivity index (χ3v) is 6.34. The van der Waals surface area contributed by atoms with Gasteiger partial charge in [-0.1, -0.05) is 22.9 Å². The number of piperidine rings is 1. The predicted molar refractivity (Wildman–Crippen MR) is 107 cm³/mol. The summed E-state index contributed by atoms with van der Waals surface area (Å²) in [5.41, 5.74) is 3.32. The van der Waals surface area contributed by atoms with Crippen molar-refractivity contribution in [2.75, 3.05) is 7.05 Å². The largest absolute Gasteiger partial charge is 0.488 e. The van der Waals surface area contributed by atoms with Crippen LogP contribution >= 0.6 is 0 Å². The lowest BCUT2D eigenvalue weighted by molar-refractivity contribution is 0.0871. The van der Waals surface area contributed by atoms with Gasteiger partial charge in [0.05, 0.1) is 5.56 Å². The zero-order chi connectivity index (χ0) is 19.8. The average molecular weight is 383 g/mol. The molecule has 1 aromatic carbocycles. The molecule has 2 saturated heterocycles. The average Bonchev–Trinajstić information content (AvgIpc) is 3.09. The van der Waals surface area contributed by atoms with Crippen LogP contribution in [0.3, 0.4) is 0 Å². The fourth-order valence-electron chi connectivity index (χ4n) is 4.63. The van der Waals surface area contributed by atoms with E-state index in [9.17, 15) is 4.79 Å². The van der Waals surface area contributed by atoms with E-state index in [1.165, 1.54) is 18.4 Å². The predicted octanol–water partition coefficient (Wildman–Crippen LogP) is 3.53. The van der Waals surface area contributed by atoms with Gasteiger partial charge in [-0.2, -0.15) is 0 Å². The van der Waals surface area contributed by atoms with Crippen LogP contribution in [0.2, 0.25) is 0 Å². The molecular weight excluding hydrogens is 354 g/mol. The van der Waals surface area contributed by atoms with Gasteiger partial charge in [0, 0.05) is 18.1 Å². The summed E-state index contributed by atoms with van der Waals surface area (Å²) in [6.07, 6.45) is 4.46. The topological polar surface area (TPSA) is 67.6 Å². The Balaban J connectivity index is 1.43. The first kappa shape index (κ1) is 19.0. The number of hydrogen-bond donors (Lipinski definition) is 1. The molecule has 2 unspecified atom stereocenters. The van der Waals surface area contributed by atoms with E-state index in [-0.39, 0.29) is 18.6 Å². The minimum Gasteiger partial charge on any atom is -0.488 e. The van der Waals surface area contributed by atoms with Crippen LogP contribution in [0.4, 0.5) is 0 Å². The van der Waals surface area contributed by atoms with Gasteiger partial charge in [-0.3, -0.25) is 4.79 Å². The Hall–Kier alpha value is -2.34. The number of nitrogens with zero attached hydrogens (tertiary/aromatic N) is 2. The number of ether oxygens (including phenoxy) is 1. The number of amides is 1. The van der Waals surface area contributed by atoms with Crippen LogP contribution in [0.5, 0.6) is 5.75 Å². The van der Waals surface area contributed by atoms with E-state index >= 15 is 0 Å². The molecule has 3 heterocycles. The van der Waals surface area contributed by atoms with Crippen LogP contribution in [0.25, 0.3) is 0 Å². The minimum atomic E-state index is -0.162. The van der Waals surface area contributed by atoms with Gasteiger partial charge >= 0.3 is 0 Å². The van der Waals surface area contributed by atoms with Crippen molar-refractivity contribution in [3.05, 3.63) is 46.3 Å². The zero-order valence-electron chi connectivity index (χ0n) is 17.1. The number of rotatable bonds is 5. The van der Waals surface area contributed by atoms with E-state index in [2.05, 4.69) is 35.4 Å². The van der Waals surface area contributed by atoms with Crippen LogP contribution < -0.4 is 10.1 Å². The third-order valence-electron chi connectivity index (χ3n) is 6.34. The number of aryl methyl sites for hydroxylation is 3. The molecule has 2 aliphatic heterocycles. The molecule has 2 aromatic rings. The number of hydrogen-bond acceptors (Lipinski definition) is 5. The second-order valence-electron chi connectivity index (χ2n) is 8.32. The smallest absolute Gasteiger partial charge is 0.274 e. The lowest BCUT2D eigenvalue weighted by Gasteiger charge is -2.36. The Bertz CT molecular complexity index is 862. The molecular formula is C22H29N3O3. The molecule has 0 spiro atoms. The molecule has 1 amide bonds. The summed E-state index contributed by atoms with van der Waals surface area (Å²) in [5, 5.41) is 7.20. The van der Waals surface area contributed by atoms with Gasteiger partial charge in [-0.15, -0.1) is 0 Å². The van der Waals surface area contributed by atoms with Crippen molar-refractivity contribution in [2.45, 2.75) is 71.2 Å². The molecule has 1 aromatic heterocycles. The maximum absolute atomic E-state index is 12.9. The second kappa shape index (κ2) is 7.59. The molecule has 2 aliphatic rings. The standard InChI is InChI=1S/C22H29N3O3/c1-13-5-8-20(14(2)9-13)27-12-19-15(3)28-24-21(19)22(26)23-16-10-17-6-7-18(11-16)25(17)4/h5,8-9,16-18H,6-7,10-12H2,1-4H3,(H,23,26). The quantitative estimate of drug-likeness (QED) is 0.855. The number of carbonyl (C=O) groups is 1. The summed E-state index contributed by atoms with van der Waals surface area (Å²) in [6, 6.07) is 7.42.